The molecule has 6 heteroatoms. The van der Waals surface area contributed by atoms with Crippen molar-refractivity contribution in [2.75, 3.05) is 27.3 Å². The highest BCUT2D eigenvalue weighted by atomic mass is 16.5. The summed E-state index contributed by atoms with van der Waals surface area (Å²) in [5, 5.41) is 6.51. The summed E-state index contributed by atoms with van der Waals surface area (Å²) in [6.45, 7) is 1.99. The minimum absolute atomic E-state index is 0.00472. The minimum atomic E-state index is -0.171. The van der Waals surface area contributed by atoms with E-state index in [9.17, 15) is 4.79 Å². The maximum Gasteiger partial charge on any atom is 0.257 e. The van der Waals surface area contributed by atoms with Crippen molar-refractivity contribution in [3.8, 4) is 11.5 Å². The van der Waals surface area contributed by atoms with Gasteiger partial charge in [0.2, 0.25) is 0 Å². The van der Waals surface area contributed by atoms with E-state index in [-0.39, 0.29) is 11.9 Å². The Hall–Kier alpha value is -3.64. The summed E-state index contributed by atoms with van der Waals surface area (Å²) in [6.07, 6.45) is 1.59. The summed E-state index contributed by atoms with van der Waals surface area (Å²) in [4.78, 5) is 15.8. The molecule has 2 aliphatic heterocycles. The number of hydrogen-bond acceptors (Lipinski definition) is 5. The second-order valence-electron chi connectivity index (χ2n) is 8.71. The van der Waals surface area contributed by atoms with Crippen LogP contribution in [0.1, 0.15) is 34.7 Å². The van der Waals surface area contributed by atoms with Crippen molar-refractivity contribution in [3.05, 3.63) is 95.1 Å². The molecule has 0 aromatic heterocycles. The molecule has 0 spiro atoms. The van der Waals surface area contributed by atoms with E-state index in [1.165, 1.54) is 11.1 Å². The van der Waals surface area contributed by atoms with Crippen LogP contribution in [0.5, 0.6) is 11.5 Å². The van der Waals surface area contributed by atoms with Gasteiger partial charge >= 0.3 is 0 Å². The van der Waals surface area contributed by atoms with Gasteiger partial charge in [-0.3, -0.25) is 9.69 Å². The topological polar surface area (TPSA) is 54.4 Å². The Bertz CT molecular complexity index is 1210. The molecule has 0 saturated heterocycles. The monoisotopic (exact) mass is 455 g/mol. The molecule has 0 unspecified atom stereocenters. The summed E-state index contributed by atoms with van der Waals surface area (Å²) < 4.78 is 10.9. The van der Waals surface area contributed by atoms with E-state index < -0.39 is 0 Å². The molecular weight excluding hydrogens is 426 g/mol. The van der Waals surface area contributed by atoms with Gasteiger partial charge in [0.05, 0.1) is 32.5 Å². The van der Waals surface area contributed by atoms with Crippen LogP contribution in [0.25, 0.3) is 0 Å². The van der Waals surface area contributed by atoms with Crippen LogP contribution in [-0.2, 0) is 17.8 Å². The van der Waals surface area contributed by atoms with Crippen molar-refractivity contribution in [2.45, 2.75) is 25.4 Å². The van der Waals surface area contributed by atoms with E-state index in [0.29, 0.717) is 13.0 Å². The van der Waals surface area contributed by atoms with Gasteiger partial charge in [-0.15, -0.1) is 0 Å². The van der Waals surface area contributed by atoms with Crippen molar-refractivity contribution in [1.82, 2.24) is 9.91 Å². The average molecular weight is 456 g/mol. The summed E-state index contributed by atoms with van der Waals surface area (Å²) in [6, 6.07) is 24.0. The van der Waals surface area contributed by atoms with E-state index in [1.54, 1.807) is 19.2 Å². The number of carbonyl (C=O) groups is 1. The van der Waals surface area contributed by atoms with Gasteiger partial charge in [0.15, 0.2) is 0 Å². The smallest absolute Gasteiger partial charge is 0.257 e. The normalized spacial score (nSPS) is 17.8. The van der Waals surface area contributed by atoms with Crippen LogP contribution >= 0.6 is 0 Å². The number of carbonyl (C=O) groups excluding carboxylic acids is 1. The van der Waals surface area contributed by atoms with Gasteiger partial charge in [-0.25, -0.2) is 5.01 Å². The number of benzene rings is 3. The maximum atomic E-state index is 13.6. The van der Waals surface area contributed by atoms with Gasteiger partial charge in [-0.1, -0.05) is 48.5 Å². The van der Waals surface area contributed by atoms with Crippen LogP contribution < -0.4 is 9.47 Å². The zero-order valence-corrected chi connectivity index (χ0v) is 19.6. The molecule has 1 atom stereocenters. The molecule has 34 heavy (non-hydrogen) atoms. The molecule has 2 aliphatic rings. The second-order valence-corrected chi connectivity index (χ2v) is 8.71. The van der Waals surface area contributed by atoms with Gasteiger partial charge in [0.1, 0.15) is 11.5 Å². The van der Waals surface area contributed by atoms with E-state index >= 15 is 0 Å². The van der Waals surface area contributed by atoms with Crippen molar-refractivity contribution >= 4 is 11.6 Å². The Balaban J connectivity index is 1.41. The molecule has 3 aromatic rings. The van der Waals surface area contributed by atoms with Gasteiger partial charge < -0.3 is 9.47 Å². The van der Waals surface area contributed by atoms with Crippen LogP contribution in [0.3, 0.4) is 0 Å². The molecule has 0 saturated carbocycles. The molecule has 2 heterocycles. The number of para-hydroxylation sites is 1. The van der Waals surface area contributed by atoms with Crippen molar-refractivity contribution in [2.24, 2.45) is 5.10 Å². The van der Waals surface area contributed by atoms with Crippen LogP contribution in [0.15, 0.2) is 77.9 Å². The predicted molar refractivity (Wildman–Crippen MR) is 132 cm³/mol. The molecule has 0 radical (unpaired) electrons. The zero-order valence-electron chi connectivity index (χ0n) is 19.6. The lowest BCUT2D eigenvalue weighted by Crippen LogP contribution is -2.40. The number of amides is 1. The number of hydrogen-bond donors (Lipinski definition) is 0. The molecule has 0 aliphatic carbocycles. The van der Waals surface area contributed by atoms with E-state index in [4.69, 9.17) is 14.6 Å². The maximum absolute atomic E-state index is 13.6. The largest absolute Gasteiger partial charge is 0.497 e. The minimum Gasteiger partial charge on any atom is -0.497 e. The Morgan fingerprint density at radius 3 is 2.44 bits per heavy atom. The third-order valence-corrected chi connectivity index (χ3v) is 6.65. The van der Waals surface area contributed by atoms with E-state index in [2.05, 4.69) is 29.2 Å². The standard InChI is InChI=1S/C28H29N3O3/c1-33-23-13-11-21(12-14-23)26-17-25(24-9-5-6-10-27(24)34-2)29-31(26)28(32)19-30-16-15-20-7-3-4-8-22(20)18-30/h3-14,26H,15-19H2,1-2H3/t26-/m0/s1. The molecule has 1 amide bonds. The first kappa shape index (κ1) is 22.2. The Morgan fingerprint density at radius 1 is 0.941 bits per heavy atom. The molecule has 174 valence electrons. The SMILES string of the molecule is COc1ccc([C@@H]2CC(c3ccccc3OC)=NN2C(=O)CN2CCc3ccccc3C2)cc1. The fourth-order valence-corrected chi connectivity index (χ4v) is 4.82. The molecular formula is C28H29N3O3. The first-order valence-corrected chi connectivity index (χ1v) is 11.6. The second kappa shape index (κ2) is 9.69. The third-order valence-electron chi connectivity index (χ3n) is 6.65. The molecule has 5 rings (SSSR count). The van der Waals surface area contributed by atoms with Crippen LogP contribution in [0.2, 0.25) is 0 Å². The van der Waals surface area contributed by atoms with Crippen LogP contribution in [-0.4, -0.2) is 48.8 Å². The Kier molecular flexibility index (Phi) is 6.32. The van der Waals surface area contributed by atoms with Gasteiger partial charge in [0, 0.05) is 25.1 Å². The van der Waals surface area contributed by atoms with E-state index in [1.807, 2.05) is 48.5 Å². The summed E-state index contributed by atoms with van der Waals surface area (Å²) in [7, 11) is 3.31. The molecule has 6 nitrogen and oxygen atoms in total. The lowest BCUT2D eigenvalue weighted by atomic mass is 9.97. The first-order chi connectivity index (χ1) is 16.7. The third kappa shape index (κ3) is 4.41. The first-order valence-electron chi connectivity index (χ1n) is 11.6. The highest BCUT2D eigenvalue weighted by molar-refractivity contribution is 6.05. The molecule has 3 aromatic carbocycles. The number of ether oxygens (including phenoxy) is 2. The van der Waals surface area contributed by atoms with E-state index in [0.717, 1.165) is 47.8 Å². The lowest BCUT2D eigenvalue weighted by molar-refractivity contribution is -0.134. The summed E-state index contributed by atoms with van der Waals surface area (Å²) in [5.74, 6) is 1.55. The highest BCUT2D eigenvalue weighted by Gasteiger charge is 2.35. The quantitative estimate of drug-likeness (QED) is 0.552. The lowest BCUT2D eigenvalue weighted by Gasteiger charge is -2.30. The summed E-state index contributed by atoms with van der Waals surface area (Å²) in [5.41, 5.74) is 5.49. The summed E-state index contributed by atoms with van der Waals surface area (Å²) >= 11 is 0. The number of rotatable bonds is 6. The van der Waals surface area contributed by atoms with Crippen LogP contribution in [0.4, 0.5) is 0 Å². The van der Waals surface area contributed by atoms with Crippen molar-refractivity contribution in [3.63, 3.8) is 0 Å². The molecule has 0 fully saturated rings. The number of hydrazone groups is 1. The van der Waals surface area contributed by atoms with Crippen molar-refractivity contribution < 1.29 is 14.3 Å². The predicted octanol–water partition coefficient (Wildman–Crippen LogP) is 4.44. The highest BCUT2D eigenvalue weighted by Crippen LogP contribution is 2.36. The molecule has 0 N–H and O–H groups in total. The van der Waals surface area contributed by atoms with Gasteiger partial charge in [0.25, 0.3) is 5.91 Å². The molecule has 0 bridgehead atoms. The Labute approximate surface area is 200 Å². The van der Waals surface area contributed by atoms with Gasteiger partial charge in [-0.05, 0) is 47.4 Å². The van der Waals surface area contributed by atoms with Crippen LogP contribution in [0, 0.1) is 0 Å². The fourth-order valence-electron chi connectivity index (χ4n) is 4.82. The number of nitrogens with zero attached hydrogens (tertiary/aromatic N) is 3. The number of fused-ring (bicyclic) bond motifs is 1. The fraction of sp³-hybridized carbons (Fsp3) is 0.286. The zero-order chi connectivity index (χ0) is 23.5. The Morgan fingerprint density at radius 2 is 1.68 bits per heavy atom. The average Bonchev–Trinajstić information content (AvgIpc) is 3.34. The van der Waals surface area contributed by atoms with Gasteiger partial charge in [-0.2, -0.15) is 5.10 Å². The van der Waals surface area contributed by atoms with Crippen molar-refractivity contribution in [1.29, 1.82) is 0 Å². The number of methoxy groups -OCH3 is 2.